The fourth-order valence-electron chi connectivity index (χ4n) is 2.91. The molecule has 0 saturated heterocycles. The Bertz CT molecular complexity index is 997. The Kier molecular flexibility index (Phi) is 6.01. The summed E-state index contributed by atoms with van der Waals surface area (Å²) < 4.78 is 0. The van der Waals surface area contributed by atoms with Crippen LogP contribution in [0, 0.1) is 0 Å². The van der Waals surface area contributed by atoms with Crippen LogP contribution in [0.4, 0.5) is 5.69 Å². The van der Waals surface area contributed by atoms with Crippen LogP contribution in [-0.2, 0) is 4.79 Å². The molecule has 2 amide bonds. The Hall–Kier alpha value is -3.25. The van der Waals surface area contributed by atoms with Gasteiger partial charge < -0.3 is 15.5 Å². The van der Waals surface area contributed by atoms with Crippen LogP contribution < -0.4 is 10.6 Å². The summed E-state index contributed by atoms with van der Waals surface area (Å²) in [6, 6.07) is 17.0. The summed E-state index contributed by atoms with van der Waals surface area (Å²) in [4.78, 5) is 30.5. The summed E-state index contributed by atoms with van der Waals surface area (Å²) >= 11 is 0. The molecule has 0 aliphatic rings. The molecule has 1 heterocycles. The van der Waals surface area contributed by atoms with Crippen molar-refractivity contribution in [1.29, 1.82) is 0 Å². The summed E-state index contributed by atoms with van der Waals surface area (Å²) in [6.45, 7) is 2.83. The molecule has 0 saturated carbocycles. The predicted octanol–water partition coefficient (Wildman–Crippen LogP) is 3.15. The van der Waals surface area contributed by atoms with Gasteiger partial charge in [-0.2, -0.15) is 0 Å². The number of carbonyl (C=O) groups is 2. The van der Waals surface area contributed by atoms with Crippen LogP contribution in [0.3, 0.4) is 0 Å². The van der Waals surface area contributed by atoms with Gasteiger partial charge in [-0.3, -0.25) is 9.59 Å². The number of likely N-dealkylation sites (N-methyl/N-ethyl adjacent to an activating group) is 1. The molecule has 0 fully saturated rings. The second-order valence-corrected chi connectivity index (χ2v) is 6.89. The van der Waals surface area contributed by atoms with Crippen LogP contribution in [0.1, 0.15) is 17.3 Å². The first-order valence-electron chi connectivity index (χ1n) is 9.15. The summed E-state index contributed by atoms with van der Waals surface area (Å²) in [5.74, 6) is -0.236. The van der Waals surface area contributed by atoms with Crippen molar-refractivity contribution in [2.75, 3.05) is 32.5 Å². The predicted molar refractivity (Wildman–Crippen MR) is 112 cm³/mol. The highest BCUT2D eigenvalue weighted by Crippen LogP contribution is 2.24. The van der Waals surface area contributed by atoms with Crippen LogP contribution in [-0.4, -0.2) is 48.9 Å². The minimum absolute atomic E-state index is 0.110. The molecule has 3 rings (SSSR count). The molecule has 28 heavy (non-hydrogen) atoms. The van der Waals surface area contributed by atoms with Gasteiger partial charge in [-0.05, 0) is 38.4 Å². The molecule has 2 N–H and O–H groups in total. The van der Waals surface area contributed by atoms with E-state index in [1.54, 1.807) is 6.07 Å². The van der Waals surface area contributed by atoms with Crippen molar-refractivity contribution < 1.29 is 9.59 Å². The van der Waals surface area contributed by atoms with E-state index in [0.717, 1.165) is 28.9 Å². The molecule has 0 unspecified atom stereocenters. The zero-order chi connectivity index (χ0) is 20.1. The molecule has 0 spiro atoms. The fraction of sp³-hybridized carbons (Fsp3) is 0.227. The molecule has 0 atom stereocenters. The molecule has 3 aromatic rings. The van der Waals surface area contributed by atoms with E-state index in [1.807, 2.05) is 67.5 Å². The molecule has 0 aliphatic heterocycles. The lowest BCUT2D eigenvalue weighted by Gasteiger charge is -2.12. The van der Waals surface area contributed by atoms with Crippen molar-refractivity contribution >= 4 is 28.4 Å². The van der Waals surface area contributed by atoms with Crippen molar-refractivity contribution in [2.45, 2.75) is 6.92 Å². The Balaban J connectivity index is 1.89. The molecule has 2 aromatic carbocycles. The van der Waals surface area contributed by atoms with E-state index in [2.05, 4.69) is 10.6 Å². The standard InChI is InChI=1S/C22H24N4O2/c1-15(27)24-18-10-7-16(8-11-18)20-12-9-17-5-4-6-19(21(17)25-20)22(28)23-13-14-26(2)3/h4-12H,13-14H2,1-3H3,(H,23,28)(H,24,27). The zero-order valence-corrected chi connectivity index (χ0v) is 16.3. The van der Waals surface area contributed by atoms with E-state index in [4.69, 9.17) is 4.98 Å². The highest BCUT2D eigenvalue weighted by atomic mass is 16.2. The third kappa shape index (κ3) is 4.72. The van der Waals surface area contributed by atoms with Gasteiger partial charge in [0.05, 0.1) is 16.8 Å². The first kappa shape index (κ1) is 19.5. The summed E-state index contributed by atoms with van der Waals surface area (Å²) in [6.07, 6.45) is 0. The van der Waals surface area contributed by atoms with Crippen molar-refractivity contribution in [1.82, 2.24) is 15.2 Å². The number of fused-ring (bicyclic) bond motifs is 1. The summed E-state index contributed by atoms with van der Waals surface area (Å²) in [7, 11) is 3.93. The third-order valence-electron chi connectivity index (χ3n) is 4.31. The lowest BCUT2D eigenvalue weighted by Crippen LogP contribution is -2.31. The number of nitrogens with one attached hydrogen (secondary N) is 2. The van der Waals surface area contributed by atoms with Gasteiger partial charge in [-0.25, -0.2) is 4.98 Å². The van der Waals surface area contributed by atoms with Crippen LogP contribution in [0.15, 0.2) is 54.6 Å². The zero-order valence-electron chi connectivity index (χ0n) is 16.3. The van der Waals surface area contributed by atoms with E-state index in [0.29, 0.717) is 17.6 Å². The number of pyridine rings is 1. The molecule has 0 aliphatic carbocycles. The number of para-hydroxylation sites is 1. The third-order valence-corrected chi connectivity index (χ3v) is 4.31. The Labute approximate surface area is 164 Å². The molecule has 6 heteroatoms. The lowest BCUT2D eigenvalue weighted by molar-refractivity contribution is -0.114. The van der Waals surface area contributed by atoms with E-state index < -0.39 is 0 Å². The summed E-state index contributed by atoms with van der Waals surface area (Å²) in [5, 5.41) is 6.61. The van der Waals surface area contributed by atoms with Gasteiger partial charge in [0.2, 0.25) is 5.91 Å². The number of nitrogens with zero attached hydrogens (tertiary/aromatic N) is 2. The Morgan fingerprint density at radius 2 is 1.75 bits per heavy atom. The fourth-order valence-corrected chi connectivity index (χ4v) is 2.91. The van der Waals surface area contributed by atoms with E-state index in [1.165, 1.54) is 6.92 Å². The van der Waals surface area contributed by atoms with Gasteiger partial charge in [-0.15, -0.1) is 0 Å². The Morgan fingerprint density at radius 3 is 2.43 bits per heavy atom. The molecule has 1 aromatic heterocycles. The van der Waals surface area contributed by atoms with Gasteiger partial charge in [0.1, 0.15) is 0 Å². The largest absolute Gasteiger partial charge is 0.351 e. The second-order valence-electron chi connectivity index (χ2n) is 6.89. The first-order chi connectivity index (χ1) is 13.4. The maximum atomic E-state index is 12.6. The van der Waals surface area contributed by atoms with E-state index >= 15 is 0 Å². The SMILES string of the molecule is CC(=O)Nc1ccc(-c2ccc3cccc(C(=O)NCCN(C)C)c3n2)cc1. The molecule has 6 nitrogen and oxygen atoms in total. The van der Waals surface area contributed by atoms with Gasteiger partial charge >= 0.3 is 0 Å². The van der Waals surface area contributed by atoms with Crippen molar-refractivity contribution in [2.24, 2.45) is 0 Å². The maximum Gasteiger partial charge on any atom is 0.253 e. The highest BCUT2D eigenvalue weighted by Gasteiger charge is 2.12. The van der Waals surface area contributed by atoms with Crippen molar-refractivity contribution in [3.63, 3.8) is 0 Å². The van der Waals surface area contributed by atoms with Gasteiger partial charge in [-0.1, -0.05) is 30.3 Å². The van der Waals surface area contributed by atoms with Crippen LogP contribution in [0.25, 0.3) is 22.2 Å². The number of rotatable bonds is 6. The number of hydrogen-bond acceptors (Lipinski definition) is 4. The van der Waals surface area contributed by atoms with Gasteiger partial charge in [0, 0.05) is 36.7 Å². The van der Waals surface area contributed by atoms with Crippen LogP contribution in [0.5, 0.6) is 0 Å². The first-order valence-corrected chi connectivity index (χ1v) is 9.15. The average Bonchev–Trinajstić information content (AvgIpc) is 2.67. The lowest BCUT2D eigenvalue weighted by atomic mass is 10.1. The molecule has 0 radical (unpaired) electrons. The normalized spacial score (nSPS) is 10.9. The van der Waals surface area contributed by atoms with Gasteiger partial charge in [0.25, 0.3) is 5.91 Å². The number of amides is 2. The molecule has 144 valence electrons. The maximum absolute atomic E-state index is 12.6. The number of carbonyl (C=O) groups excluding carboxylic acids is 2. The van der Waals surface area contributed by atoms with Crippen molar-refractivity contribution in [3.05, 3.63) is 60.2 Å². The smallest absolute Gasteiger partial charge is 0.253 e. The molecule has 0 bridgehead atoms. The van der Waals surface area contributed by atoms with Gasteiger partial charge in [0.15, 0.2) is 0 Å². The molecular weight excluding hydrogens is 352 g/mol. The van der Waals surface area contributed by atoms with Crippen molar-refractivity contribution in [3.8, 4) is 11.3 Å². The highest BCUT2D eigenvalue weighted by molar-refractivity contribution is 6.05. The average molecular weight is 376 g/mol. The van der Waals surface area contributed by atoms with Crippen LogP contribution in [0.2, 0.25) is 0 Å². The quantitative estimate of drug-likeness (QED) is 0.693. The monoisotopic (exact) mass is 376 g/mol. The van der Waals surface area contributed by atoms with E-state index in [9.17, 15) is 9.59 Å². The van der Waals surface area contributed by atoms with E-state index in [-0.39, 0.29) is 11.8 Å². The number of benzene rings is 2. The Morgan fingerprint density at radius 1 is 1.00 bits per heavy atom. The molecular formula is C22H24N4O2. The minimum Gasteiger partial charge on any atom is -0.351 e. The number of anilines is 1. The topological polar surface area (TPSA) is 74.3 Å². The number of aromatic nitrogens is 1. The second kappa shape index (κ2) is 8.63. The summed E-state index contributed by atoms with van der Waals surface area (Å²) in [5.41, 5.74) is 3.66. The minimum atomic E-state index is -0.127. The number of hydrogen-bond donors (Lipinski definition) is 2. The van der Waals surface area contributed by atoms with Crippen LogP contribution >= 0.6 is 0 Å².